The number of carbonyl (C=O) groups excluding carboxylic acids is 1. The summed E-state index contributed by atoms with van der Waals surface area (Å²) in [5.74, 6) is -4.40. The maximum Gasteiger partial charge on any atom is 0.471 e. The molecular formula is C16H15F4N3O5S. The van der Waals surface area contributed by atoms with Gasteiger partial charge in [0.2, 0.25) is 11.7 Å². The Morgan fingerprint density at radius 1 is 1.34 bits per heavy atom. The fourth-order valence-electron chi connectivity index (χ4n) is 2.75. The summed E-state index contributed by atoms with van der Waals surface area (Å²) >= 11 is 0. The molecule has 158 valence electrons. The number of rotatable bonds is 3. The van der Waals surface area contributed by atoms with Gasteiger partial charge in [0, 0.05) is 17.4 Å². The molecule has 2 heterocycles. The maximum absolute atomic E-state index is 14.7. The number of hydrogen-bond donors (Lipinski definition) is 0. The van der Waals surface area contributed by atoms with E-state index in [2.05, 4.69) is 14.7 Å². The topological polar surface area (TPSA) is 103 Å². The van der Waals surface area contributed by atoms with E-state index in [1.165, 1.54) is 11.0 Å². The fraction of sp³-hybridized carbons (Fsp3) is 0.438. The van der Waals surface area contributed by atoms with E-state index >= 15 is 0 Å². The van der Waals surface area contributed by atoms with Gasteiger partial charge < -0.3 is 14.2 Å². The van der Waals surface area contributed by atoms with E-state index in [0.29, 0.717) is 0 Å². The van der Waals surface area contributed by atoms with Crippen LogP contribution >= 0.6 is 0 Å². The molecule has 1 aromatic carbocycles. The molecule has 1 amide bonds. The number of carbonyl (C=O) groups is 1. The number of nitrogens with zero attached hydrogens (tertiary/aromatic N) is 3. The Labute approximate surface area is 162 Å². The predicted octanol–water partition coefficient (Wildman–Crippen LogP) is 2.05. The summed E-state index contributed by atoms with van der Waals surface area (Å²) in [4.78, 5) is 16.7. The molecule has 0 aliphatic carbocycles. The third-order valence-corrected chi connectivity index (χ3v) is 4.90. The Bertz CT molecular complexity index is 1050. The maximum atomic E-state index is 14.7. The Morgan fingerprint density at radius 2 is 2.03 bits per heavy atom. The third-order valence-electron chi connectivity index (χ3n) is 4.13. The zero-order valence-electron chi connectivity index (χ0n) is 15.2. The molecule has 0 fully saturated rings. The molecular weight excluding hydrogens is 422 g/mol. The highest BCUT2D eigenvalue weighted by Gasteiger charge is 2.39. The van der Waals surface area contributed by atoms with E-state index in [9.17, 15) is 30.8 Å². The SMILES string of the molecule is C[C@@H]1COc2cc(-c3noc(C(F)(F)F)n3)cc(F)c2CN1C(=O)CS(C)(=O)=O. The van der Waals surface area contributed by atoms with E-state index in [-0.39, 0.29) is 30.0 Å². The molecule has 0 radical (unpaired) electrons. The first-order valence-electron chi connectivity index (χ1n) is 8.19. The number of amides is 1. The fourth-order valence-corrected chi connectivity index (χ4v) is 3.36. The van der Waals surface area contributed by atoms with Gasteiger partial charge in [0.1, 0.15) is 23.9 Å². The van der Waals surface area contributed by atoms with Crippen molar-refractivity contribution in [2.75, 3.05) is 18.6 Å². The highest BCUT2D eigenvalue weighted by molar-refractivity contribution is 7.91. The highest BCUT2D eigenvalue weighted by atomic mass is 32.2. The van der Waals surface area contributed by atoms with Crippen molar-refractivity contribution in [3.63, 3.8) is 0 Å². The van der Waals surface area contributed by atoms with Crippen molar-refractivity contribution in [3.05, 3.63) is 29.4 Å². The molecule has 8 nitrogen and oxygen atoms in total. The summed E-state index contributed by atoms with van der Waals surface area (Å²) in [6, 6.07) is 1.56. The van der Waals surface area contributed by atoms with Crippen LogP contribution in [0.3, 0.4) is 0 Å². The number of ether oxygens (including phenoxy) is 1. The van der Waals surface area contributed by atoms with Gasteiger partial charge >= 0.3 is 12.1 Å². The lowest BCUT2D eigenvalue weighted by molar-refractivity contribution is -0.159. The van der Waals surface area contributed by atoms with Crippen LogP contribution < -0.4 is 4.74 Å². The van der Waals surface area contributed by atoms with Gasteiger partial charge in [-0.1, -0.05) is 5.16 Å². The second-order valence-corrected chi connectivity index (χ2v) is 8.75. The first-order valence-corrected chi connectivity index (χ1v) is 10.2. The van der Waals surface area contributed by atoms with Crippen LogP contribution in [0.4, 0.5) is 17.6 Å². The van der Waals surface area contributed by atoms with Crippen molar-refractivity contribution in [1.82, 2.24) is 15.0 Å². The second kappa shape index (κ2) is 7.28. The number of benzene rings is 1. The van der Waals surface area contributed by atoms with Gasteiger partial charge in [0.15, 0.2) is 9.84 Å². The number of sulfone groups is 1. The summed E-state index contributed by atoms with van der Waals surface area (Å²) in [6.07, 6.45) is -3.94. The Balaban J connectivity index is 1.94. The average molecular weight is 437 g/mol. The molecule has 1 aromatic heterocycles. The van der Waals surface area contributed by atoms with Gasteiger partial charge in [-0.2, -0.15) is 18.2 Å². The minimum atomic E-state index is -4.85. The summed E-state index contributed by atoms with van der Waals surface area (Å²) < 4.78 is 85.0. The van der Waals surface area contributed by atoms with E-state index in [1.54, 1.807) is 6.92 Å². The first-order chi connectivity index (χ1) is 13.3. The molecule has 0 saturated carbocycles. The molecule has 1 atom stereocenters. The molecule has 0 saturated heterocycles. The number of fused-ring (bicyclic) bond motifs is 1. The molecule has 29 heavy (non-hydrogen) atoms. The number of halogens is 4. The highest BCUT2D eigenvalue weighted by Crippen LogP contribution is 2.34. The number of hydrogen-bond acceptors (Lipinski definition) is 7. The Hall–Kier alpha value is -2.70. The van der Waals surface area contributed by atoms with Crippen LogP contribution in [0.25, 0.3) is 11.4 Å². The van der Waals surface area contributed by atoms with Crippen LogP contribution in [-0.2, 0) is 27.4 Å². The zero-order valence-corrected chi connectivity index (χ0v) is 16.0. The van der Waals surface area contributed by atoms with Crippen molar-refractivity contribution in [2.45, 2.75) is 25.7 Å². The first kappa shape index (κ1) is 21.0. The molecule has 3 rings (SSSR count). The monoisotopic (exact) mass is 437 g/mol. The molecule has 0 bridgehead atoms. The van der Waals surface area contributed by atoms with E-state index < -0.39 is 51.2 Å². The van der Waals surface area contributed by atoms with Gasteiger partial charge in [-0.25, -0.2) is 12.8 Å². The van der Waals surface area contributed by atoms with Gasteiger partial charge in [0.25, 0.3) is 0 Å². The molecule has 13 heteroatoms. The van der Waals surface area contributed by atoms with E-state index in [4.69, 9.17) is 4.74 Å². The Morgan fingerprint density at radius 3 is 2.62 bits per heavy atom. The second-order valence-electron chi connectivity index (χ2n) is 6.61. The quantitative estimate of drug-likeness (QED) is 0.677. The molecule has 1 aliphatic heterocycles. The van der Waals surface area contributed by atoms with Crippen molar-refractivity contribution in [1.29, 1.82) is 0 Å². The molecule has 1 aliphatic rings. The lowest BCUT2D eigenvalue weighted by Crippen LogP contribution is -2.42. The largest absolute Gasteiger partial charge is 0.491 e. The van der Waals surface area contributed by atoms with Gasteiger partial charge in [-0.3, -0.25) is 4.79 Å². The van der Waals surface area contributed by atoms with Crippen LogP contribution in [0.15, 0.2) is 16.7 Å². The van der Waals surface area contributed by atoms with Gasteiger partial charge in [0.05, 0.1) is 12.6 Å². The van der Waals surface area contributed by atoms with Crippen LogP contribution in [0.5, 0.6) is 5.75 Å². The number of alkyl halides is 3. The Kier molecular flexibility index (Phi) is 5.28. The molecule has 0 spiro atoms. The van der Waals surface area contributed by atoms with Crippen molar-refractivity contribution < 1.29 is 40.0 Å². The third kappa shape index (κ3) is 4.66. The molecule has 0 N–H and O–H groups in total. The van der Waals surface area contributed by atoms with Gasteiger partial charge in [-0.05, 0) is 19.1 Å². The molecule has 2 aromatic rings. The lowest BCUT2D eigenvalue weighted by atomic mass is 10.1. The lowest BCUT2D eigenvalue weighted by Gasteiger charge is -2.26. The van der Waals surface area contributed by atoms with E-state index in [0.717, 1.165) is 12.3 Å². The molecule has 0 unspecified atom stereocenters. The smallest absolute Gasteiger partial charge is 0.471 e. The normalized spacial score (nSPS) is 17.4. The standard InChI is InChI=1S/C16H15F4N3O5S/c1-8-6-27-12-4-9(14-21-15(28-22-14)16(18,19)20)3-11(17)10(12)5-23(8)13(24)7-29(2,25)26/h3-4,8H,5-7H2,1-2H3/t8-/m1/s1. The summed E-state index contributed by atoms with van der Waals surface area (Å²) in [7, 11) is -3.59. The minimum absolute atomic E-state index is 0.0140. The van der Waals surface area contributed by atoms with Crippen LogP contribution in [0.1, 0.15) is 18.4 Å². The van der Waals surface area contributed by atoms with Crippen molar-refractivity contribution in [3.8, 4) is 17.1 Å². The van der Waals surface area contributed by atoms with Crippen molar-refractivity contribution >= 4 is 15.7 Å². The minimum Gasteiger partial charge on any atom is -0.491 e. The predicted molar refractivity (Wildman–Crippen MR) is 89.9 cm³/mol. The van der Waals surface area contributed by atoms with Crippen LogP contribution in [0, 0.1) is 5.82 Å². The van der Waals surface area contributed by atoms with Gasteiger partial charge in [-0.15, -0.1) is 0 Å². The van der Waals surface area contributed by atoms with Crippen molar-refractivity contribution in [2.24, 2.45) is 0 Å². The zero-order chi connectivity index (χ0) is 21.6. The summed E-state index contributed by atoms with van der Waals surface area (Å²) in [5.41, 5.74) is -0.149. The number of aromatic nitrogens is 2. The van der Waals surface area contributed by atoms with Crippen LogP contribution in [-0.4, -0.2) is 54.0 Å². The summed E-state index contributed by atoms with van der Waals surface area (Å²) in [5, 5.41) is 3.21. The van der Waals surface area contributed by atoms with E-state index in [1.807, 2.05) is 0 Å². The van der Waals surface area contributed by atoms with Crippen LogP contribution in [0.2, 0.25) is 0 Å². The summed E-state index contributed by atoms with van der Waals surface area (Å²) in [6.45, 7) is 1.25. The average Bonchev–Trinajstić information content (AvgIpc) is 3.01.